The van der Waals surface area contributed by atoms with E-state index in [1.54, 1.807) is 24.4 Å². The van der Waals surface area contributed by atoms with Gasteiger partial charge in [-0.05, 0) is 48.0 Å². The predicted octanol–water partition coefficient (Wildman–Crippen LogP) is 6.70. The van der Waals surface area contributed by atoms with Crippen LogP contribution in [0.2, 0.25) is 15.1 Å². The zero-order chi connectivity index (χ0) is 19.5. The summed E-state index contributed by atoms with van der Waals surface area (Å²) in [7, 11) is 0. The van der Waals surface area contributed by atoms with E-state index in [1.165, 1.54) is 0 Å². The van der Waals surface area contributed by atoms with Gasteiger partial charge in [-0.3, -0.25) is 5.43 Å². The van der Waals surface area contributed by atoms with E-state index >= 15 is 0 Å². The molecular weight excluding hydrogens is 415 g/mol. The fraction of sp³-hybridized carbons (Fsp3) is 0. The highest BCUT2D eigenvalue weighted by atomic mass is 35.5. The molecule has 0 aliphatic carbocycles. The Bertz CT molecular complexity index is 1170. The molecule has 0 bridgehead atoms. The van der Waals surface area contributed by atoms with Crippen LogP contribution in [0.3, 0.4) is 0 Å². The molecule has 0 radical (unpaired) electrons. The van der Waals surface area contributed by atoms with Crippen LogP contribution in [-0.4, -0.2) is 16.2 Å². The molecule has 1 aromatic heterocycles. The number of hydrazone groups is 1. The summed E-state index contributed by atoms with van der Waals surface area (Å²) in [6, 6.07) is 20.3. The molecule has 7 heteroatoms. The molecule has 0 saturated carbocycles. The summed E-state index contributed by atoms with van der Waals surface area (Å²) < 4.78 is 0. The smallest absolute Gasteiger partial charge is 0.163 e. The number of nitrogens with zero attached hydrogens (tertiary/aromatic N) is 3. The zero-order valence-electron chi connectivity index (χ0n) is 14.4. The maximum Gasteiger partial charge on any atom is 0.163 e. The van der Waals surface area contributed by atoms with Crippen LogP contribution in [0, 0.1) is 0 Å². The van der Waals surface area contributed by atoms with Gasteiger partial charge >= 0.3 is 0 Å². The Morgan fingerprint density at radius 2 is 1.57 bits per heavy atom. The molecule has 0 atom stereocenters. The van der Waals surface area contributed by atoms with Crippen molar-refractivity contribution in [3.8, 4) is 11.4 Å². The van der Waals surface area contributed by atoms with Crippen molar-refractivity contribution >= 4 is 57.7 Å². The third-order valence-corrected chi connectivity index (χ3v) is 4.83. The maximum absolute atomic E-state index is 6.34. The number of benzene rings is 3. The van der Waals surface area contributed by atoms with E-state index in [2.05, 4.69) is 20.5 Å². The standard InChI is InChI=1S/C21H13Cl3N4/c22-14-7-5-13(6-8-14)12-25-28-21-17-3-1-2-4-19(17)26-20(27-21)16-10-9-15(23)11-18(16)24/h1-12H,(H,26,27,28)/b25-12-. The van der Waals surface area contributed by atoms with Crippen LogP contribution < -0.4 is 5.43 Å². The Labute approximate surface area is 176 Å². The van der Waals surface area contributed by atoms with Gasteiger partial charge < -0.3 is 0 Å². The van der Waals surface area contributed by atoms with Gasteiger partial charge in [-0.2, -0.15) is 5.10 Å². The van der Waals surface area contributed by atoms with Gasteiger partial charge in [0.15, 0.2) is 11.6 Å². The summed E-state index contributed by atoms with van der Waals surface area (Å²) in [6.45, 7) is 0. The van der Waals surface area contributed by atoms with Gasteiger partial charge in [-0.15, -0.1) is 0 Å². The van der Waals surface area contributed by atoms with E-state index in [0.29, 0.717) is 32.3 Å². The Balaban J connectivity index is 1.73. The van der Waals surface area contributed by atoms with Crippen molar-refractivity contribution in [2.75, 3.05) is 5.43 Å². The first-order valence-electron chi connectivity index (χ1n) is 8.37. The summed E-state index contributed by atoms with van der Waals surface area (Å²) >= 11 is 18.3. The number of halogens is 3. The molecule has 4 nitrogen and oxygen atoms in total. The SMILES string of the molecule is Clc1ccc(/C=N\Nc2nc(-c3ccc(Cl)cc3Cl)nc3ccccc23)cc1. The molecular formula is C21H13Cl3N4. The summed E-state index contributed by atoms with van der Waals surface area (Å²) in [5.41, 5.74) is 5.40. The molecule has 4 rings (SSSR count). The van der Waals surface area contributed by atoms with Crippen molar-refractivity contribution in [3.05, 3.63) is 87.4 Å². The molecule has 0 saturated heterocycles. The Hall–Kier alpha value is -2.66. The molecule has 0 aliphatic heterocycles. The van der Waals surface area contributed by atoms with Gasteiger partial charge in [0, 0.05) is 21.0 Å². The van der Waals surface area contributed by atoms with Gasteiger partial charge in [0.1, 0.15) is 0 Å². The van der Waals surface area contributed by atoms with Gasteiger partial charge in [0.2, 0.25) is 0 Å². The van der Waals surface area contributed by atoms with Crippen LogP contribution in [0.4, 0.5) is 5.82 Å². The summed E-state index contributed by atoms with van der Waals surface area (Å²) in [5, 5.41) is 6.87. The topological polar surface area (TPSA) is 50.2 Å². The van der Waals surface area contributed by atoms with Crippen LogP contribution >= 0.6 is 34.8 Å². The third-order valence-electron chi connectivity index (χ3n) is 4.03. The van der Waals surface area contributed by atoms with E-state index < -0.39 is 0 Å². The first-order chi connectivity index (χ1) is 13.6. The van der Waals surface area contributed by atoms with E-state index in [1.807, 2.05) is 48.5 Å². The van der Waals surface area contributed by atoms with E-state index in [4.69, 9.17) is 34.8 Å². The van der Waals surface area contributed by atoms with Gasteiger partial charge in [-0.25, -0.2) is 9.97 Å². The molecule has 138 valence electrons. The van der Waals surface area contributed by atoms with Crippen LogP contribution in [0.5, 0.6) is 0 Å². The lowest BCUT2D eigenvalue weighted by atomic mass is 10.2. The number of rotatable bonds is 4. The van der Waals surface area contributed by atoms with E-state index in [0.717, 1.165) is 16.5 Å². The lowest BCUT2D eigenvalue weighted by Gasteiger charge is -2.09. The molecule has 4 aromatic rings. The number of anilines is 1. The normalized spacial score (nSPS) is 11.2. The molecule has 0 fully saturated rings. The van der Waals surface area contributed by atoms with Crippen LogP contribution in [0.15, 0.2) is 71.8 Å². The largest absolute Gasteiger partial charge is 0.261 e. The van der Waals surface area contributed by atoms with Crippen LogP contribution in [-0.2, 0) is 0 Å². The van der Waals surface area contributed by atoms with Crippen molar-refractivity contribution < 1.29 is 0 Å². The first-order valence-corrected chi connectivity index (χ1v) is 9.50. The molecule has 28 heavy (non-hydrogen) atoms. The summed E-state index contributed by atoms with van der Waals surface area (Å²) in [4.78, 5) is 9.25. The minimum absolute atomic E-state index is 0.485. The molecule has 0 amide bonds. The zero-order valence-corrected chi connectivity index (χ0v) is 16.7. The van der Waals surface area contributed by atoms with Crippen molar-refractivity contribution in [2.24, 2.45) is 5.10 Å². The molecule has 1 N–H and O–H groups in total. The highest BCUT2D eigenvalue weighted by molar-refractivity contribution is 6.36. The van der Waals surface area contributed by atoms with Gasteiger partial charge in [0.05, 0.1) is 16.8 Å². The lowest BCUT2D eigenvalue weighted by Crippen LogP contribution is -1.99. The van der Waals surface area contributed by atoms with Gasteiger partial charge in [0.25, 0.3) is 0 Å². The van der Waals surface area contributed by atoms with Crippen molar-refractivity contribution in [2.45, 2.75) is 0 Å². The Kier molecular flexibility index (Phi) is 5.44. The number of aromatic nitrogens is 2. The van der Waals surface area contributed by atoms with Gasteiger partial charge in [-0.1, -0.05) is 59.1 Å². The van der Waals surface area contributed by atoms with Crippen LogP contribution in [0.1, 0.15) is 5.56 Å². The third kappa shape index (κ3) is 4.09. The molecule has 0 aliphatic rings. The van der Waals surface area contributed by atoms with Crippen molar-refractivity contribution in [1.29, 1.82) is 0 Å². The fourth-order valence-electron chi connectivity index (χ4n) is 2.67. The highest BCUT2D eigenvalue weighted by Gasteiger charge is 2.12. The summed E-state index contributed by atoms with van der Waals surface area (Å²) in [6.07, 6.45) is 1.70. The van der Waals surface area contributed by atoms with E-state index in [-0.39, 0.29) is 0 Å². The van der Waals surface area contributed by atoms with Crippen molar-refractivity contribution in [3.63, 3.8) is 0 Å². The second kappa shape index (κ2) is 8.15. The molecule has 0 spiro atoms. The average Bonchev–Trinajstić information content (AvgIpc) is 2.69. The highest BCUT2D eigenvalue weighted by Crippen LogP contribution is 2.31. The fourth-order valence-corrected chi connectivity index (χ4v) is 3.29. The Morgan fingerprint density at radius 3 is 2.36 bits per heavy atom. The molecule has 0 unspecified atom stereocenters. The minimum Gasteiger partial charge on any atom is -0.261 e. The Morgan fingerprint density at radius 1 is 0.821 bits per heavy atom. The first kappa shape index (κ1) is 18.7. The van der Waals surface area contributed by atoms with Crippen molar-refractivity contribution in [1.82, 2.24) is 9.97 Å². The second-order valence-electron chi connectivity index (χ2n) is 5.96. The number of hydrogen-bond donors (Lipinski definition) is 1. The van der Waals surface area contributed by atoms with E-state index in [9.17, 15) is 0 Å². The number of nitrogens with one attached hydrogen (secondary N) is 1. The second-order valence-corrected chi connectivity index (χ2v) is 7.24. The predicted molar refractivity (Wildman–Crippen MR) is 118 cm³/mol. The molecule has 1 heterocycles. The maximum atomic E-state index is 6.34. The van der Waals surface area contributed by atoms with Crippen LogP contribution in [0.25, 0.3) is 22.3 Å². The minimum atomic E-state index is 0.485. The average molecular weight is 428 g/mol. The summed E-state index contributed by atoms with van der Waals surface area (Å²) in [5.74, 6) is 1.07. The monoisotopic (exact) mass is 426 g/mol. The quantitative estimate of drug-likeness (QED) is 0.291. The lowest BCUT2D eigenvalue weighted by molar-refractivity contribution is 1.19. The number of para-hydroxylation sites is 1. The number of hydrogen-bond acceptors (Lipinski definition) is 4. The molecule has 3 aromatic carbocycles. The number of fused-ring (bicyclic) bond motifs is 1.